The second kappa shape index (κ2) is 8.29. The zero-order chi connectivity index (χ0) is 15.8. The molecule has 2 amide bonds. The number of hydrogen-bond acceptors (Lipinski definition) is 2. The summed E-state index contributed by atoms with van der Waals surface area (Å²) in [5.74, 6) is -0.996. The summed E-state index contributed by atoms with van der Waals surface area (Å²) in [5, 5.41) is 14.6. The molecule has 0 aromatic heterocycles. The van der Waals surface area contributed by atoms with Crippen molar-refractivity contribution < 1.29 is 14.7 Å². The Kier molecular flexibility index (Phi) is 6.72. The van der Waals surface area contributed by atoms with Crippen molar-refractivity contribution in [3.8, 4) is 0 Å². The van der Waals surface area contributed by atoms with E-state index in [0.717, 1.165) is 25.7 Å². The van der Waals surface area contributed by atoms with Crippen LogP contribution in [0.4, 0.5) is 10.5 Å². The van der Waals surface area contributed by atoms with E-state index in [4.69, 9.17) is 5.11 Å². The summed E-state index contributed by atoms with van der Waals surface area (Å²) < 4.78 is 0. The lowest BCUT2D eigenvalue weighted by Crippen LogP contribution is -2.36. The molecule has 0 saturated heterocycles. The summed E-state index contributed by atoms with van der Waals surface area (Å²) in [4.78, 5) is 22.9. The average molecular weight is 292 g/mol. The van der Waals surface area contributed by atoms with Gasteiger partial charge in [0.1, 0.15) is 0 Å². The van der Waals surface area contributed by atoms with Crippen LogP contribution in [-0.2, 0) is 0 Å². The molecular formula is C16H24N2O3. The van der Waals surface area contributed by atoms with Crippen LogP contribution in [0, 0.1) is 6.92 Å². The van der Waals surface area contributed by atoms with Crippen LogP contribution in [0.5, 0.6) is 0 Å². The standard InChI is InChI=1S/C16H24N2O3/c1-4-5-6-7-12(3)17-16(21)18-13-9-8-11(2)14(10-13)15(19)20/h8-10,12H,4-7H2,1-3H3,(H,19,20)(H2,17,18,21). The van der Waals surface area contributed by atoms with Crippen molar-refractivity contribution in [2.24, 2.45) is 0 Å². The van der Waals surface area contributed by atoms with Gasteiger partial charge >= 0.3 is 12.0 Å². The number of unbranched alkanes of at least 4 members (excludes halogenated alkanes) is 2. The van der Waals surface area contributed by atoms with Crippen LogP contribution >= 0.6 is 0 Å². The molecule has 0 radical (unpaired) electrons. The quantitative estimate of drug-likeness (QED) is 0.669. The van der Waals surface area contributed by atoms with Crippen molar-refractivity contribution in [2.75, 3.05) is 5.32 Å². The van der Waals surface area contributed by atoms with Crippen LogP contribution < -0.4 is 10.6 Å². The summed E-state index contributed by atoms with van der Waals surface area (Å²) in [5.41, 5.74) is 1.35. The molecule has 5 nitrogen and oxygen atoms in total. The average Bonchev–Trinajstić information content (AvgIpc) is 2.40. The van der Waals surface area contributed by atoms with Crippen LogP contribution in [0.25, 0.3) is 0 Å². The number of carbonyl (C=O) groups is 2. The fourth-order valence-corrected chi connectivity index (χ4v) is 2.09. The molecule has 0 bridgehead atoms. The monoisotopic (exact) mass is 292 g/mol. The predicted octanol–water partition coefficient (Wildman–Crippen LogP) is 3.78. The summed E-state index contributed by atoms with van der Waals surface area (Å²) in [6.45, 7) is 5.83. The lowest BCUT2D eigenvalue weighted by Gasteiger charge is -2.15. The Balaban J connectivity index is 2.55. The zero-order valence-electron chi connectivity index (χ0n) is 12.9. The molecule has 0 aliphatic heterocycles. The second-order valence-corrected chi connectivity index (χ2v) is 5.33. The van der Waals surface area contributed by atoms with Gasteiger partial charge in [0, 0.05) is 11.7 Å². The highest BCUT2D eigenvalue weighted by atomic mass is 16.4. The van der Waals surface area contributed by atoms with E-state index in [-0.39, 0.29) is 17.6 Å². The lowest BCUT2D eigenvalue weighted by molar-refractivity contribution is 0.0696. The van der Waals surface area contributed by atoms with E-state index >= 15 is 0 Å². The number of rotatable bonds is 7. The molecule has 1 atom stereocenters. The van der Waals surface area contributed by atoms with Crippen molar-refractivity contribution in [3.05, 3.63) is 29.3 Å². The van der Waals surface area contributed by atoms with E-state index < -0.39 is 5.97 Å². The largest absolute Gasteiger partial charge is 0.478 e. The molecule has 0 saturated carbocycles. The molecule has 0 heterocycles. The van der Waals surface area contributed by atoms with Crippen molar-refractivity contribution in [1.82, 2.24) is 5.32 Å². The van der Waals surface area contributed by atoms with Gasteiger partial charge in [0.05, 0.1) is 5.56 Å². The molecule has 1 rings (SSSR count). The minimum Gasteiger partial charge on any atom is -0.478 e. The highest BCUT2D eigenvalue weighted by Gasteiger charge is 2.11. The maximum absolute atomic E-state index is 11.9. The number of anilines is 1. The summed E-state index contributed by atoms with van der Waals surface area (Å²) >= 11 is 0. The van der Waals surface area contributed by atoms with Gasteiger partial charge in [0.2, 0.25) is 0 Å². The summed E-state index contributed by atoms with van der Waals surface area (Å²) in [7, 11) is 0. The number of amides is 2. The highest BCUT2D eigenvalue weighted by molar-refractivity contribution is 5.94. The molecule has 1 unspecified atom stereocenters. The number of aryl methyl sites for hydroxylation is 1. The SMILES string of the molecule is CCCCCC(C)NC(=O)Nc1ccc(C)c(C(=O)O)c1. The minimum absolute atomic E-state index is 0.0981. The number of aromatic carboxylic acids is 1. The second-order valence-electron chi connectivity index (χ2n) is 5.33. The third kappa shape index (κ3) is 5.85. The molecule has 0 aliphatic carbocycles. The first-order chi connectivity index (χ1) is 9.93. The third-order valence-corrected chi connectivity index (χ3v) is 3.34. The predicted molar refractivity (Wildman–Crippen MR) is 83.9 cm³/mol. The van der Waals surface area contributed by atoms with Gasteiger partial charge in [-0.15, -0.1) is 0 Å². The van der Waals surface area contributed by atoms with E-state index in [1.807, 2.05) is 6.92 Å². The molecule has 21 heavy (non-hydrogen) atoms. The van der Waals surface area contributed by atoms with E-state index in [1.54, 1.807) is 19.1 Å². The van der Waals surface area contributed by atoms with E-state index in [0.29, 0.717) is 11.3 Å². The Bertz CT molecular complexity index is 500. The molecule has 0 aliphatic rings. The molecular weight excluding hydrogens is 268 g/mol. The molecule has 116 valence electrons. The number of hydrogen-bond donors (Lipinski definition) is 3. The van der Waals surface area contributed by atoms with Crippen LogP contribution in [-0.4, -0.2) is 23.1 Å². The molecule has 3 N–H and O–H groups in total. The van der Waals surface area contributed by atoms with Crippen molar-refractivity contribution in [3.63, 3.8) is 0 Å². The molecule has 0 spiro atoms. The summed E-state index contributed by atoms with van der Waals surface area (Å²) in [6.07, 6.45) is 4.34. The van der Waals surface area contributed by atoms with Crippen molar-refractivity contribution >= 4 is 17.7 Å². The normalized spacial score (nSPS) is 11.8. The van der Waals surface area contributed by atoms with Crippen LogP contribution in [0.2, 0.25) is 0 Å². The van der Waals surface area contributed by atoms with Crippen LogP contribution in [0.15, 0.2) is 18.2 Å². The van der Waals surface area contributed by atoms with Crippen molar-refractivity contribution in [1.29, 1.82) is 0 Å². The van der Waals surface area contributed by atoms with Crippen molar-refractivity contribution in [2.45, 2.75) is 52.5 Å². The topological polar surface area (TPSA) is 78.4 Å². The number of carboxylic acids is 1. The smallest absolute Gasteiger partial charge is 0.336 e. The first-order valence-electron chi connectivity index (χ1n) is 7.35. The Labute approximate surface area is 125 Å². The Hall–Kier alpha value is -2.04. The number of nitrogens with one attached hydrogen (secondary N) is 2. The number of benzene rings is 1. The zero-order valence-corrected chi connectivity index (χ0v) is 12.9. The van der Waals surface area contributed by atoms with E-state index in [9.17, 15) is 9.59 Å². The Morgan fingerprint density at radius 2 is 2.00 bits per heavy atom. The molecule has 1 aromatic rings. The van der Waals surface area contributed by atoms with Gasteiger partial charge in [0.15, 0.2) is 0 Å². The Morgan fingerprint density at radius 1 is 1.29 bits per heavy atom. The van der Waals surface area contributed by atoms with Gasteiger partial charge in [-0.25, -0.2) is 9.59 Å². The first kappa shape index (κ1) is 17.0. The van der Waals surface area contributed by atoms with Gasteiger partial charge in [0.25, 0.3) is 0 Å². The van der Waals surface area contributed by atoms with E-state index in [1.165, 1.54) is 6.07 Å². The molecule has 0 fully saturated rings. The fraction of sp³-hybridized carbons (Fsp3) is 0.500. The van der Waals surface area contributed by atoms with Gasteiger partial charge in [-0.05, 0) is 38.0 Å². The third-order valence-electron chi connectivity index (χ3n) is 3.34. The molecule has 1 aromatic carbocycles. The van der Waals surface area contributed by atoms with Gasteiger partial charge in [-0.1, -0.05) is 32.3 Å². The lowest BCUT2D eigenvalue weighted by atomic mass is 10.1. The van der Waals surface area contributed by atoms with Gasteiger partial charge < -0.3 is 15.7 Å². The maximum Gasteiger partial charge on any atom is 0.336 e. The van der Waals surface area contributed by atoms with Crippen LogP contribution in [0.3, 0.4) is 0 Å². The minimum atomic E-state index is -0.996. The van der Waals surface area contributed by atoms with E-state index in [2.05, 4.69) is 17.6 Å². The fourth-order valence-electron chi connectivity index (χ4n) is 2.09. The molecule has 5 heteroatoms. The Morgan fingerprint density at radius 3 is 2.62 bits per heavy atom. The van der Waals surface area contributed by atoms with Gasteiger partial charge in [-0.3, -0.25) is 0 Å². The first-order valence-corrected chi connectivity index (χ1v) is 7.35. The number of carbonyl (C=O) groups excluding carboxylic acids is 1. The summed E-state index contributed by atoms with van der Waals surface area (Å²) in [6, 6.07) is 4.64. The van der Waals surface area contributed by atoms with Gasteiger partial charge in [-0.2, -0.15) is 0 Å². The maximum atomic E-state index is 11.9. The highest BCUT2D eigenvalue weighted by Crippen LogP contribution is 2.15. The number of carboxylic acid groups (broad SMARTS) is 1. The van der Waals surface area contributed by atoms with Crippen LogP contribution in [0.1, 0.15) is 55.5 Å². The number of urea groups is 1.